The Bertz CT molecular complexity index is 579. The number of aliphatic hydroxyl groups is 1. The van der Waals surface area contributed by atoms with E-state index < -0.39 is 22.2 Å². The minimum Gasteiger partial charge on any atom is -0.389 e. The quantitative estimate of drug-likeness (QED) is 0.776. The van der Waals surface area contributed by atoms with Gasteiger partial charge in [0, 0.05) is 0 Å². The molecule has 18 heavy (non-hydrogen) atoms. The molecule has 0 unspecified atom stereocenters. The van der Waals surface area contributed by atoms with Crippen LogP contribution in [0.2, 0.25) is 0 Å². The number of aliphatic hydroxyl groups excluding tert-OH is 1. The van der Waals surface area contributed by atoms with Gasteiger partial charge in [0.1, 0.15) is 6.07 Å². The highest BCUT2D eigenvalue weighted by Gasteiger charge is 2.31. The Balaban J connectivity index is 2.29. The lowest BCUT2D eigenvalue weighted by molar-refractivity contribution is 0.124. The second-order valence-corrected chi connectivity index (χ2v) is 5.62. The zero-order valence-corrected chi connectivity index (χ0v) is 10.2. The molecule has 0 radical (unpaired) electrons. The molecule has 96 valence electrons. The Morgan fingerprint density at radius 3 is 2.72 bits per heavy atom. The van der Waals surface area contributed by atoms with E-state index in [9.17, 15) is 13.5 Å². The van der Waals surface area contributed by atoms with Crippen molar-refractivity contribution in [1.29, 1.82) is 5.26 Å². The molecule has 2 rings (SSSR count). The van der Waals surface area contributed by atoms with Crippen LogP contribution < -0.4 is 4.72 Å². The van der Waals surface area contributed by atoms with Gasteiger partial charge in [-0.3, -0.25) is 0 Å². The van der Waals surface area contributed by atoms with Gasteiger partial charge in [0.2, 0.25) is 10.0 Å². The minimum atomic E-state index is -3.83. The van der Waals surface area contributed by atoms with Crippen molar-refractivity contribution < 1.29 is 18.3 Å². The number of ether oxygens (including phenoxy) is 1. The molecule has 1 aromatic carbocycles. The van der Waals surface area contributed by atoms with Crippen LogP contribution >= 0.6 is 0 Å². The molecular weight excluding hydrogens is 256 g/mol. The van der Waals surface area contributed by atoms with Crippen molar-refractivity contribution in [2.45, 2.75) is 17.0 Å². The first-order valence-corrected chi connectivity index (χ1v) is 6.80. The zero-order valence-electron chi connectivity index (χ0n) is 9.41. The summed E-state index contributed by atoms with van der Waals surface area (Å²) in [5.74, 6) is 0. The highest BCUT2D eigenvalue weighted by Crippen LogP contribution is 2.16. The first-order valence-electron chi connectivity index (χ1n) is 5.32. The maximum Gasteiger partial charge on any atom is 0.242 e. The molecule has 0 spiro atoms. The van der Waals surface area contributed by atoms with Crippen LogP contribution in [0.4, 0.5) is 0 Å². The third kappa shape index (κ3) is 2.52. The summed E-state index contributed by atoms with van der Waals surface area (Å²) in [6.07, 6.45) is -0.867. The Morgan fingerprint density at radius 1 is 1.39 bits per heavy atom. The van der Waals surface area contributed by atoms with Crippen LogP contribution in [0.1, 0.15) is 5.56 Å². The zero-order chi connectivity index (χ0) is 13.2. The van der Waals surface area contributed by atoms with Crippen molar-refractivity contribution in [3.05, 3.63) is 29.8 Å². The van der Waals surface area contributed by atoms with Crippen LogP contribution in [0.5, 0.6) is 0 Å². The van der Waals surface area contributed by atoms with Gasteiger partial charge in [0.25, 0.3) is 0 Å². The first-order chi connectivity index (χ1) is 8.54. The monoisotopic (exact) mass is 268 g/mol. The number of rotatable bonds is 3. The van der Waals surface area contributed by atoms with E-state index in [1.807, 2.05) is 6.07 Å². The second kappa shape index (κ2) is 5.04. The Labute approximate surface area is 105 Å². The summed E-state index contributed by atoms with van der Waals surface area (Å²) < 4.78 is 31.5. The van der Waals surface area contributed by atoms with Gasteiger partial charge in [0.05, 0.1) is 35.8 Å². The number of benzene rings is 1. The lowest BCUT2D eigenvalue weighted by Crippen LogP contribution is -2.42. The molecule has 0 aromatic heterocycles. The third-order valence-electron chi connectivity index (χ3n) is 2.65. The molecule has 1 saturated heterocycles. The summed E-state index contributed by atoms with van der Waals surface area (Å²) in [6.45, 7) is 0.224. The number of hydrogen-bond donors (Lipinski definition) is 2. The molecule has 0 aliphatic carbocycles. The summed E-state index contributed by atoms with van der Waals surface area (Å²) in [7, 11) is -3.83. The maximum atomic E-state index is 12.1. The van der Waals surface area contributed by atoms with Crippen LogP contribution in [0, 0.1) is 11.3 Å². The lowest BCUT2D eigenvalue weighted by Gasteiger charge is -2.15. The number of sulfonamides is 1. The van der Waals surface area contributed by atoms with Crippen molar-refractivity contribution in [2.24, 2.45) is 0 Å². The molecule has 1 aromatic rings. The van der Waals surface area contributed by atoms with E-state index in [1.54, 1.807) is 6.07 Å². The van der Waals surface area contributed by atoms with Crippen molar-refractivity contribution in [3.8, 4) is 6.07 Å². The Hall–Kier alpha value is -1.46. The van der Waals surface area contributed by atoms with E-state index in [0.29, 0.717) is 0 Å². The summed E-state index contributed by atoms with van der Waals surface area (Å²) in [5.41, 5.74) is 0.0680. The topological polar surface area (TPSA) is 99.4 Å². The molecule has 1 aliphatic rings. The van der Waals surface area contributed by atoms with Gasteiger partial charge in [-0.1, -0.05) is 12.1 Å². The molecule has 1 aliphatic heterocycles. The SMILES string of the molecule is N#Cc1ccccc1S(=O)(=O)N[C@H]1COC[C@@H]1O. The number of nitrogens with zero attached hydrogens (tertiary/aromatic N) is 1. The number of hydrogen-bond acceptors (Lipinski definition) is 5. The summed E-state index contributed by atoms with van der Waals surface area (Å²) >= 11 is 0. The number of nitriles is 1. The van der Waals surface area contributed by atoms with Gasteiger partial charge in [-0.05, 0) is 12.1 Å². The van der Waals surface area contributed by atoms with E-state index in [4.69, 9.17) is 10.00 Å². The molecule has 1 fully saturated rings. The van der Waals surface area contributed by atoms with Crippen LogP contribution in [0.3, 0.4) is 0 Å². The van der Waals surface area contributed by atoms with Gasteiger partial charge in [0.15, 0.2) is 0 Å². The second-order valence-electron chi connectivity index (χ2n) is 3.94. The molecule has 1 heterocycles. The third-order valence-corrected chi connectivity index (χ3v) is 4.20. The maximum absolute atomic E-state index is 12.1. The molecule has 0 saturated carbocycles. The smallest absolute Gasteiger partial charge is 0.242 e. The van der Waals surface area contributed by atoms with E-state index in [-0.39, 0.29) is 23.7 Å². The van der Waals surface area contributed by atoms with Gasteiger partial charge in [-0.15, -0.1) is 0 Å². The minimum absolute atomic E-state index is 0.0680. The van der Waals surface area contributed by atoms with Crippen LogP contribution in [-0.2, 0) is 14.8 Å². The van der Waals surface area contributed by atoms with Crippen molar-refractivity contribution in [3.63, 3.8) is 0 Å². The molecule has 6 nitrogen and oxygen atoms in total. The predicted molar refractivity (Wildman–Crippen MR) is 62.1 cm³/mol. The lowest BCUT2D eigenvalue weighted by atomic mass is 10.2. The van der Waals surface area contributed by atoms with Gasteiger partial charge in [-0.2, -0.15) is 5.26 Å². The molecule has 2 atom stereocenters. The van der Waals surface area contributed by atoms with E-state index in [0.717, 1.165) is 0 Å². The average molecular weight is 268 g/mol. The molecule has 7 heteroatoms. The fraction of sp³-hybridized carbons (Fsp3) is 0.364. The standard InChI is InChI=1S/C11H12N2O4S/c12-5-8-3-1-2-4-11(8)18(15,16)13-9-6-17-7-10(9)14/h1-4,9-10,13-14H,6-7H2/t9-,10-/m0/s1. The highest BCUT2D eigenvalue weighted by atomic mass is 32.2. The fourth-order valence-electron chi connectivity index (χ4n) is 1.71. The largest absolute Gasteiger partial charge is 0.389 e. The first kappa shape index (κ1) is 13.0. The van der Waals surface area contributed by atoms with Crippen LogP contribution in [-0.4, -0.2) is 38.9 Å². The van der Waals surface area contributed by atoms with E-state index in [1.165, 1.54) is 18.2 Å². The molecular formula is C11H12N2O4S. The summed E-state index contributed by atoms with van der Waals surface area (Å²) in [4.78, 5) is -0.0911. The molecule has 0 amide bonds. The highest BCUT2D eigenvalue weighted by molar-refractivity contribution is 7.89. The van der Waals surface area contributed by atoms with Gasteiger partial charge in [-0.25, -0.2) is 13.1 Å². The van der Waals surface area contributed by atoms with Crippen LogP contribution in [0.15, 0.2) is 29.2 Å². The summed E-state index contributed by atoms with van der Waals surface area (Å²) in [6, 6.07) is 7.05. The summed E-state index contributed by atoms with van der Waals surface area (Å²) in [5, 5.41) is 18.4. The van der Waals surface area contributed by atoms with E-state index >= 15 is 0 Å². The van der Waals surface area contributed by atoms with Crippen molar-refractivity contribution in [1.82, 2.24) is 4.72 Å². The number of nitrogens with one attached hydrogen (secondary N) is 1. The average Bonchev–Trinajstić information content (AvgIpc) is 2.74. The fourth-order valence-corrected chi connectivity index (χ4v) is 3.12. The Morgan fingerprint density at radius 2 is 2.11 bits per heavy atom. The van der Waals surface area contributed by atoms with Crippen molar-refractivity contribution in [2.75, 3.05) is 13.2 Å². The van der Waals surface area contributed by atoms with Gasteiger partial charge >= 0.3 is 0 Å². The van der Waals surface area contributed by atoms with Crippen molar-refractivity contribution >= 4 is 10.0 Å². The molecule has 2 N–H and O–H groups in total. The Kier molecular flexibility index (Phi) is 3.63. The molecule has 0 bridgehead atoms. The predicted octanol–water partition coefficient (Wildman–Crippen LogP) is -0.404. The van der Waals surface area contributed by atoms with Crippen LogP contribution in [0.25, 0.3) is 0 Å². The van der Waals surface area contributed by atoms with E-state index in [2.05, 4.69) is 4.72 Å². The normalized spacial score (nSPS) is 23.8. The van der Waals surface area contributed by atoms with Gasteiger partial charge < -0.3 is 9.84 Å².